The van der Waals surface area contributed by atoms with Gasteiger partial charge >= 0.3 is 0 Å². The lowest BCUT2D eigenvalue weighted by Gasteiger charge is -2.22. The number of carbonyl (C=O) groups is 1. The maximum absolute atomic E-state index is 13.4. The van der Waals surface area contributed by atoms with E-state index in [2.05, 4.69) is 0 Å². The van der Waals surface area contributed by atoms with Crippen LogP contribution < -0.4 is 4.90 Å². The highest BCUT2D eigenvalue weighted by atomic mass is 35.5. The Bertz CT molecular complexity index is 657. The van der Waals surface area contributed by atoms with Crippen LogP contribution >= 0.6 is 11.6 Å². The molecule has 0 saturated heterocycles. The second-order valence-electron chi connectivity index (χ2n) is 4.47. The Balaban J connectivity index is 2.16. The van der Waals surface area contributed by atoms with Crippen LogP contribution in [0.15, 0.2) is 36.4 Å². The van der Waals surface area contributed by atoms with E-state index in [1.807, 2.05) is 4.90 Å². The predicted molar refractivity (Wildman–Crippen MR) is 73.9 cm³/mol. The van der Waals surface area contributed by atoms with Gasteiger partial charge in [0.1, 0.15) is 5.82 Å². The third kappa shape index (κ3) is 2.00. The molecule has 0 bridgehead atoms. The number of aldehydes is 1. The predicted octanol–water partition coefficient (Wildman–Crippen LogP) is 3.99. The van der Waals surface area contributed by atoms with Gasteiger partial charge in [0.05, 0.1) is 10.7 Å². The summed E-state index contributed by atoms with van der Waals surface area (Å²) in [5.41, 5.74) is 3.03. The average Bonchev–Trinajstić information content (AvgIpc) is 2.81. The first-order valence-corrected chi connectivity index (χ1v) is 6.38. The van der Waals surface area contributed by atoms with Crippen molar-refractivity contribution in [2.75, 3.05) is 11.4 Å². The number of hydrogen-bond donors (Lipinski definition) is 0. The summed E-state index contributed by atoms with van der Waals surface area (Å²) >= 11 is 6.20. The minimum atomic E-state index is -0.287. The minimum Gasteiger partial charge on any atom is -0.339 e. The molecule has 96 valence electrons. The van der Waals surface area contributed by atoms with E-state index >= 15 is 0 Å². The maximum Gasteiger partial charge on any atom is 0.152 e. The highest BCUT2D eigenvalue weighted by Crippen LogP contribution is 2.40. The van der Waals surface area contributed by atoms with Gasteiger partial charge in [0, 0.05) is 17.8 Å². The van der Waals surface area contributed by atoms with Crippen molar-refractivity contribution in [3.8, 4) is 0 Å². The first-order chi connectivity index (χ1) is 9.20. The first-order valence-electron chi connectivity index (χ1n) is 6.00. The van der Waals surface area contributed by atoms with Crippen LogP contribution in [-0.2, 0) is 6.42 Å². The van der Waals surface area contributed by atoms with Crippen LogP contribution in [-0.4, -0.2) is 12.8 Å². The summed E-state index contributed by atoms with van der Waals surface area (Å²) in [6.07, 6.45) is 1.59. The second-order valence-corrected chi connectivity index (χ2v) is 4.88. The fourth-order valence-electron chi connectivity index (χ4n) is 2.50. The Kier molecular flexibility index (Phi) is 2.99. The molecule has 0 aliphatic carbocycles. The summed E-state index contributed by atoms with van der Waals surface area (Å²) in [6.45, 7) is 0.698. The molecule has 0 atom stereocenters. The van der Waals surface area contributed by atoms with Crippen molar-refractivity contribution in [3.05, 3.63) is 58.4 Å². The smallest absolute Gasteiger partial charge is 0.152 e. The lowest BCUT2D eigenvalue weighted by molar-refractivity contribution is 0.112. The molecule has 1 heterocycles. The summed E-state index contributed by atoms with van der Waals surface area (Å²) in [7, 11) is 0. The molecular formula is C15H11ClFNO. The monoisotopic (exact) mass is 275 g/mol. The van der Waals surface area contributed by atoms with Crippen molar-refractivity contribution in [3.63, 3.8) is 0 Å². The van der Waals surface area contributed by atoms with E-state index in [1.54, 1.807) is 24.3 Å². The van der Waals surface area contributed by atoms with Gasteiger partial charge < -0.3 is 4.90 Å². The van der Waals surface area contributed by atoms with Crippen LogP contribution in [0.3, 0.4) is 0 Å². The van der Waals surface area contributed by atoms with Gasteiger partial charge in [-0.25, -0.2) is 4.39 Å². The Labute approximate surface area is 115 Å². The van der Waals surface area contributed by atoms with E-state index in [0.29, 0.717) is 22.8 Å². The zero-order valence-electron chi connectivity index (χ0n) is 10.1. The number of benzene rings is 2. The average molecular weight is 276 g/mol. The zero-order valence-corrected chi connectivity index (χ0v) is 10.8. The third-order valence-electron chi connectivity index (χ3n) is 3.36. The highest BCUT2D eigenvalue weighted by molar-refractivity contribution is 6.34. The van der Waals surface area contributed by atoms with Crippen LogP contribution in [0.1, 0.15) is 15.9 Å². The van der Waals surface area contributed by atoms with Crippen molar-refractivity contribution in [2.45, 2.75) is 6.42 Å². The largest absolute Gasteiger partial charge is 0.339 e. The normalized spacial score (nSPS) is 13.5. The van der Waals surface area contributed by atoms with Gasteiger partial charge in [0.25, 0.3) is 0 Å². The standard InChI is InChI=1S/C15H11ClFNO/c16-13-3-1-2-11(9-19)15(13)18-7-6-10-4-5-12(17)8-14(10)18/h1-5,8-9H,6-7H2. The number of rotatable bonds is 2. The topological polar surface area (TPSA) is 20.3 Å². The Morgan fingerprint density at radius 3 is 2.89 bits per heavy atom. The van der Waals surface area contributed by atoms with Gasteiger partial charge in [-0.15, -0.1) is 0 Å². The number of hydrogen-bond acceptors (Lipinski definition) is 2. The fourth-order valence-corrected chi connectivity index (χ4v) is 2.78. The summed E-state index contributed by atoms with van der Waals surface area (Å²) in [6, 6.07) is 9.91. The van der Waals surface area contributed by atoms with Crippen molar-refractivity contribution >= 4 is 29.3 Å². The lowest BCUT2D eigenvalue weighted by atomic mass is 10.1. The number of anilines is 2. The second kappa shape index (κ2) is 4.67. The van der Waals surface area contributed by atoms with E-state index < -0.39 is 0 Å². The summed E-state index contributed by atoms with van der Waals surface area (Å²) in [5.74, 6) is -0.287. The number of halogens is 2. The summed E-state index contributed by atoms with van der Waals surface area (Å²) in [5, 5.41) is 0.502. The fraction of sp³-hybridized carbons (Fsp3) is 0.133. The van der Waals surface area contributed by atoms with Gasteiger partial charge in [0.2, 0.25) is 0 Å². The number of fused-ring (bicyclic) bond motifs is 1. The molecule has 3 rings (SSSR count). The third-order valence-corrected chi connectivity index (χ3v) is 3.66. The molecule has 2 nitrogen and oxygen atoms in total. The van der Waals surface area contributed by atoms with Gasteiger partial charge in [-0.1, -0.05) is 23.7 Å². The van der Waals surface area contributed by atoms with Crippen molar-refractivity contribution in [1.82, 2.24) is 0 Å². The molecule has 2 aromatic carbocycles. The van der Waals surface area contributed by atoms with Crippen LogP contribution in [0, 0.1) is 5.82 Å². The van der Waals surface area contributed by atoms with Crippen LogP contribution in [0.25, 0.3) is 0 Å². The molecule has 1 aliphatic rings. The first kappa shape index (κ1) is 12.2. The van der Waals surface area contributed by atoms with E-state index in [9.17, 15) is 9.18 Å². The molecule has 0 N–H and O–H groups in total. The molecule has 0 spiro atoms. The number of para-hydroxylation sites is 1. The van der Waals surface area contributed by atoms with Crippen LogP contribution in [0.5, 0.6) is 0 Å². The van der Waals surface area contributed by atoms with E-state index in [1.165, 1.54) is 12.1 Å². The Hall–Kier alpha value is -1.87. The maximum atomic E-state index is 13.4. The molecule has 0 unspecified atom stereocenters. The van der Waals surface area contributed by atoms with Crippen molar-refractivity contribution < 1.29 is 9.18 Å². The summed E-state index contributed by atoms with van der Waals surface area (Å²) < 4.78 is 13.4. The molecular weight excluding hydrogens is 265 g/mol. The molecule has 0 fully saturated rings. The van der Waals surface area contributed by atoms with Gasteiger partial charge in [0.15, 0.2) is 6.29 Å². The molecule has 2 aromatic rings. The Morgan fingerprint density at radius 2 is 2.11 bits per heavy atom. The number of carbonyl (C=O) groups excluding carboxylic acids is 1. The summed E-state index contributed by atoms with van der Waals surface area (Å²) in [4.78, 5) is 13.1. The van der Waals surface area contributed by atoms with Gasteiger partial charge in [-0.2, -0.15) is 0 Å². The molecule has 0 amide bonds. The molecule has 0 radical (unpaired) electrons. The number of nitrogens with zero attached hydrogens (tertiary/aromatic N) is 1. The van der Waals surface area contributed by atoms with E-state index in [4.69, 9.17) is 11.6 Å². The van der Waals surface area contributed by atoms with Crippen LogP contribution in [0.4, 0.5) is 15.8 Å². The van der Waals surface area contributed by atoms with Crippen molar-refractivity contribution in [1.29, 1.82) is 0 Å². The van der Waals surface area contributed by atoms with Gasteiger partial charge in [-0.05, 0) is 36.2 Å². The molecule has 1 aliphatic heterocycles. The Morgan fingerprint density at radius 1 is 1.26 bits per heavy atom. The van der Waals surface area contributed by atoms with Crippen LogP contribution in [0.2, 0.25) is 5.02 Å². The van der Waals surface area contributed by atoms with Crippen molar-refractivity contribution in [2.24, 2.45) is 0 Å². The molecule has 4 heteroatoms. The van der Waals surface area contributed by atoms with Gasteiger partial charge in [-0.3, -0.25) is 4.79 Å². The van der Waals surface area contributed by atoms with E-state index in [0.717, 1.165) is 24.0 Å². The quantitative estimate of drug-likeness (QED) is 0.773. The highest BCUT2D eigenvalue weighted by Gasteiger charge is 2.24. The SMILES string of the molecule is O=Cc1cccc(Cl)c1N1CCc2ccc(F)cc21. The minimum absolute atomic E-state index is 0.287. The zero-order chi connectivity index (χ0) is 13.4. The van der Waals surface area contributed by atoms with E-state index in [-0.39, 0.29) is 5.82 Å². The molecule has 19 heavy (non-hydrogen) atoms. The lowest BCUT2D eigenvalue weighted by Crippen LogP contribution is -2.15. The molecule has 0 aromatic heterocycles. The molecule has 0 saturated carbocycles.